The second kappa shape index (κ2) is 4.80. The fourth-order valence-electron chi connectivity index (χ4n) is 1.83. The molecule has 1 aromatic rings. The molecule has 0 unspecified atom stereocenters. The third-order valence-corrected chi connectivity index (χ3v) is 3.27. The number of nitrogens with zero attached hydrogens (tertiary/aromatic N) is 1. The first kappa shape index (κ1) is 13.2. The summed E-state index contributed by atoms with van der Waals surface area (Å²) in [6.45, 7) is -0.0946. The molecular formula is C12H11ClF3NO. The Balaban J connectivity index is 2.33. The van der Waals surface area contributed by atoms with E-state index in [9.17, 15) is 18.0 Å². The van der Waals surface area contributed by atoms with Gasteiger partial charge in [0.2, 0.25) is 6.41 Å². The van der Waals surface area contributed by atoms with Crippen LogP contribution < -0.4 is 0 Å². The van der Waals surface area contributed by atoms with Gasteiger partial charge in [-0.05, 0) is 25.0 Å². The van der Waals surface area contributed by atoms with Crippen LogP contribution in [0.15, 0.2) is 18.2 Å². The number of benzene rings is 1. The molecule has 0 N–H and O–H groups in total. The lowest BCUT2D eigenvalue weighted by molar-refractivity contribution is -0.139. The summed E-state index contributed by atoms with van der Waals surface area (Å²) in [5.74, 6) is 0. The van der Waals surface area contributed by atoms with Crippen molar-refractivity contribution < 1.29 is 18.0 Å². The SMILES string of the molecule is O=CN(Cc1c(Cl)cccc1C(F)(F)F)C1CC1. The summed E-state index contributed by atoms with van der Waals surface area (Å²) in [5, 5.41) is 0.0392. The van der Waals surface area contributed by atoms with Crippen molar-refractivity contribution >= 4 is 18.0 Å². The Morgan fingerprint density at radius 3 is 2.56 bits per heavy atom. The lowest BCUT2D eigenvalue weighted by Crippen LogP contribution is -2.25. The first-order valence-electron chi connectivity index (χ1n) is 5.49. The zero-order valence-corrected chi connectivity index (χ0v) is 10.1. The van der Waals surface area contributed by atoms with Gasteiger partial charge in [-0.15, -0.1) is 0 Å². The van der Waals surface area contributed by atoms with Crippen LogP contribution in [0.25, 0.3) is 0 Å². The number of carbonyl (C=O) groups is 1. The molecule has 1 aliphatic carbocycles. The molecule has 0 atom stereocenters. The van der Waals surface area contributed by atoms with Crippen molar-refractivity contribution in [1.29, 1.82) is 0 Å². The van der Waals surface area contributed by atoms with Crippen LogP contribution in [-0.4, -0.2) is 17.4 Å². The van der Waals surface area contributed by atoms with E-state index in [1.54, 1.807) is 0 Å². The molecule has 1 aromatic carbocycles. The predicted molar refractivity (Wildman–Crippen MR) is 61.1 cm³/mol. The van der Waals surface area contributed by atoms with Gasteiger partial charge in [-0.25, -0.2) is 0 Å². The Hall–Kier alpha value is -1.23. The molecule has 2 nitrogen and oxygen atoms in total. The van der Waals surface area contributed by atoms with Gasteiger partial charge in [0.15, 0.2) is 0 Å². The van der Waals surface area contributed by atoms with E-state index >= 15 is 0 Å². The van der Waals surface area contributed by atoms with E-state index in [1.807, 2.05) is 0 Å². The van der Waals surface area contributed by atoms with Crippen LogP contribution in [0.5, 0.6) is 0 Å². The Bertz CT molecular complexity index is 457. The molecule has 0 radical (unpaired) electrons. The maximum Gasteiger partial charge on any atom is 0.416 e. The minimum atomic E-state index is -4.46. The molecule has 0 heterocycles. The van der Waals surface area contributed by atoms with Crippen LogP contribution >= 0.6 is 11.6 Å². The standard InChI is InChI=1S/C12H11ClF3NO/c13-11-3-1-2-10(12(14,15)16)9(11)6-17(7-18)8-4-5-8/h1-3,7-8H,4-6H2. The lowest BCUT2D eigenvalue weighted by atomic mass is 10.1. The number of rotatable bonds is 4. The second-order valence-corrected chi connectivity index (χ2v) is 4.68. The molecule has 2 rings (SSSR count). The largest absolute Gasteiger partial charge is 0.416 e. The van der Waals surface area contributed by atoms with Crippen molar-refractivity contribution in [3.8, 4) is 0 Å². The quantitative estimate of drug-likeness (QED) is 0.772. The molecule has 0 spiro atoms. The molecule has 98 valence electrons. The fraction of sp³-hybridized carbons (Fsp3) is 0.417. The smallest absolute Gasteiger partial charge is 0.338 e. The van der Waals surface area contributed by atoms with Crippen LogP contribution in [0.3, 0.4) is 0 Å². The van der Waals surface area contributed by atoms with E-state index in [4.69, 9.17) is 11.6 Å². The summed E-state index contributed by atoms with van der Waals surface area (Å²) in [4.78, 5) is 12.2. The lowest BCUT2D eigenvalue weighted by Gasteiger charge is -2.20. The van der Waals surface area contributed by atoms with Gasteiger partial charge in [-0.2, -0.15) is 13.2 Å². The highest BCUT2D eigenvalue weighted by atomic mass is 35.5. The number of hydrogen-bond acceptors (Lipinski definition) is 1. The van der Waals surface area contributed by atoms with Gasteiger partial charge in [0, 0.05) is 23.2 Å². The zero-order valence-electron chi connectivity index (χ0n) is 9.38. The van der Waals surface area contributed by atoms with Crippen LogP contribution in [-0.2, 0) is 17.5 Å². The van der Waals surface area contributed by atoms with E-state index in [0.717, 1.165) is 18.9 Å². The van der Waals surface area contributed by atoms with Gasteiger partial charge in [0.25, 0.3) is 0 Å². The minimum absolute atomic E-state index is 0.0364. The summed E-state index contributed by atoms with van der Waals surface area (Å²) in [5.41, 5.74) is -0.812. The first-order chi connectivity index (χ1) is 8.43. The van der Waals surface area contributed by atoms with Crippen molar-refractivity contribution in [3.05, 3.63) is 34.3 Å². The Morgan fingerprint density at radius 1 is 1.39 bits per heavy atom. The summed E-state index contributed by atoms with van der Waals surface area (Å²) < 4.78 is 38.5. The minimum Gasteiger partial charge on any atom is -0.338 e. The molecule has 0 aromatic heterocycles. The Labute approximate surface area is 107 Å². The van der Waals surface area contributed by atoms with Gasteiger partial charge < -0.3 is 4.90 Å². The monoisotopic (exact) mass is 277 g/mol. The van der Waals surface area contributed by atoms with Crippen LogP contribution in [0.4, 0.5) is 13.2 Å². The number of alkyl halides is 3. The Morgan fingerprint density at radius 2 is 2.06 bits per heavy atom. The Kier molecular flexibility index (Phi) is 3.52. The zero-order chi connectivity index (χ0) is 13.3. The van der Waals surface area contributed by atoms with Crippen molar-refractivity contribution in [1.82, 2.24) is 4.90 Å². The van der Waals surface area contributed by atoms with Crippen molar-refractivity contribution in [2.45, 2.75) is 31.6 Å². The third kappa shape index (κ3) is 2.77. The van der Waals surface area contributed by atoms with Gasteiger partial charge >= 0.3 is 6.18 Å². The van der Waals surface area contributed by atoms with E-state index in [2.05, 4.69) is 0 Å². The molecule has 0 bridgehead atoms. The molecule has 1 aliphatic rings. The summed E-state index contributed by atoms with van der Waals surface area (Å²) >= 11 is 5.82. The van der Waals surface area contributed by atoms with Crippen LogP contribution in [0.2, 0.25) is 5.02 Å². The van der Waals surface area contributed by atoms with Gasteiger partial charge in [-0.3, -0.25) is 4.79 Å². The van der Waals surface area contributed by atoms with E-state index in [-0.39, 0.29) is 23.2 Å². The maximum atomic E-state index is 12.8. The van der Waals surface area contributed by atoms with Crippen LogP contribution in [0.1, 0.15) is 24.0 Å². The third-order valence-electron chi connectivity index (χ3n) is 2.92. The topological polar surface area (TPSA) is 20.3 Å². The first-order valence-corrected chi connectivity index (χ1v) is 5.87. The van der Waals surface area contributed by atoms with Crippen molar-refractivity contribution in [2.24, 2.45) is 0 Å². The van der Waals surface area contributed by atoms with E-state index in [0.29, 0.717) is 6.41 Å². The highest BCUT2D eigenvalue weighted by Crippen LogP contribution is 2.37. The molecule has 0 saturated heterocycles. The van der Waals surface area contributed by atoms with Crippen molar-refractivity contribution in [2.75, 3.05) is 0 Å². The molecule has 0 aliphatic heterocycles. The molecule has 18 heavy (non-hydrogen) atoms. The van der Waals surface area contributed by atoms with Crippen molar-refractivity contribution in [3.63, 3.8) is 0 Å². The highest BCUT2D eigenvalue weighted by Gasteiger charge is 2.36. The van der Waals surface area contributed by atoms with E-state index in [1.165, 1.54) is 17.0 Å². The average molecular weight is 278 g/mol. The summed E-state index contributed by atoms with van der Waals surface area (Å²) in [7, 11) is 0. The molecule has 1 amide bonds. The normalized spacial score (nSPS) is 15.6. The summed E-state index contributed by atoms with van der Waals surface area (Å²) in [6.07, 6.45) is -2.20. The number of hydrogen-bond donors (Lipinski definition) is 0. The number of carbonyl (C=O) groups excluding carboxylic acids is 1. The van der Waals surface area contributed by atoms with Crippen LogP contribution in [0, 0.1) is 0 Å². The van der Waals surface area contributed by atoms with Gasteiger partial charge in [-0.1, -0.05) is 17.7 Å². The highest BCUT2D eigenvalue weighted by molar-refractivity contribution is 6.31. The molecule has 1 saturated carbocycles. The maximum absolute atomic E-state index is 12.8. The fourth-order valence-corrected chi connectivity index (χ4v) is 2.06. The predicted octanol–water partition coefficient (Wildman–Crippen LogP) is 3.48. The molecular weight excluding hydrogens is 267 g/mol. The molecule has 6 heteroatoms. The summed E-state index contributed by atoms with van der Waals surface area (Å²) in [6, 6.07) is 3.70. The second-order valence-electron chi connectivity index (χ2n) is 4.27. The number of halogens is 4. The van der Waals surface area contributed by atoms with E-state index < -0.39 is 11.7 Å². The van der Waals surface area contributed by atoms with Gasteiger partial charge in [0.05, 0.1) is 5.56 Å². The number of amides is 1. The van der Waals surface area contributed by atoms with Gasteiger partial charge in [0.1, 0.15) is 0 Å². The average Bonchev–Trinajstić information content (AvgIpc) is 3.10. The molecule has 1 fully saturated rings.